The maximum atomic E-state index is 12.5. The van der Waals surface area contributed by atoms with Crippen LogP contribution in [0.25, 0.3) is 5.78 Å². The van der Waals surface area contributed by atoms with Gasteiger partial charge in [0.05, 0.1) is 0 Å². The third-order valence-electron chi connectivity index (χ3n) is 4.37. The SMILES string of the molecule is Cc1cccc(C)c1Oc1ncccc1CNC(=O)c1cn2cccnc2n1. The molecule has 0 aliphatic carbocycles. The molecule has 3 heterocycles. The molecule has 0 unspecified atom stereocenters. The summed E-state index contributed by atoms with van der Waals surface area (Å²) in [5, 5.41) is 2.87. The highest BCUT2D eigenvalue weighted by molar-refractivity contribution is 5.92. The Morgan fingerprint density at radius 3 is 2.64 bits per heavy atom. The summed E-state index contributed by atoms with van der Waals surface area (Å²) in [4.78, 5) is 25.2. The number of imidazole rings is 1. The van der Waals surface area contributed by atoms with Gasteiger partial charge in [-0.1, -0.05) is 24.3 Å². The van der Waals surface area contributed by atoms with Gasteiger partial charge in [0.2, 0.25) is 11.7 Å². The van der Waals surface area contributed by atoms with Gasteiger partial charge in [-0.05, 0) is 37.1 Å². The average Bonchev–Trinajstić information content (AvgIpc) is 3.14. The van der Waals surface area contributed by atoms with Crippen molar-refractivity contribution in [1.29, 1.82) is 0 Å². The molecule has 0 bridgehead atoms. The van der Waals surface area contributed by atoms with Gasteiger partial charge < -0.3 is 10.1 Å². The number of aryl methyl sites for hydroxylation is 2. The van der Waals surface area contributed by atoms with E-state index in [-0.39, 0.29) is 12.5 Å². The number of carbonyl (C=O) groups excluding carboxylic acids is 1. The quantitative estimate of drug-likeness (QED) is 0.579. The molecular formula is C21H19N5O2. The van der Waals surface area contributed by atoms with Crippen LogP contribution in [0.5, 0.6) is 11.6 Å². The molecule has 0 aliphatic rings. The van der Waals surface area contributed by atoms with Crippen molar-refractivity contribution in [3.05, 3.63) is 83.6 Å². The summed E-state index contributed by atoms with van der Waals surface area (Å²) in [5.41, 5.74) is 3.14. The van der Waals surface area contributed by atoms with Crippen molar-refractivity contribution >= 4 is 11.7 Å². The van der Waals surface area contributed by atoms with Gasteiger partial charge >= 0.3 is 0 Å². The number of amides is 1. The molecule has 3 aromatic heterocycles. The molecule has 0 aliphatic heterocycles. The number of carbonyl (C=O) groups is 1. The third-order valence-corrected chi connectivity index (χ3v) is 4.37. The molecule has 4 rings (SSSR count). The summed E-state index contributed by atoms with van der Waals surface area (Å²) in [6, 6.07) is 11.4. The van der Waals surface area contributed by atoms with Crippen LogP contribution in [0.4, 0.5) is 0 Å². The van der Waals surface area contributed by atoms with Crippen molar-refractivity contribution < 1.29 is 9.53 Å². The molecule has 7 heteroatoms. The summed E-state index contributed by atoms with van der Waals surface area (Å²) in [5.74, 6) is 1.44. The number of para-hydroxylation sites is 1. The van der Waals surface area contributed by atoms with E-state index in [0.29, 0.717) is 17.4 Å². The highest BCUT2D eigenvalue weighted by Crippen LogP contribution is 2.29. The summed E-state index contributed by atoms with van der Waals surface area (Å²) < 4.78 is 7.77. The molecule has 28 heavy (non-hydrogen) atoms. The van der Waals surface area contributed by atoms with Gasteiger partial charge in [-0.3, -0.25) is 9.20 Å². The van der Waals surface area contributed by atoms with E-state index in [9.17, 15) is 4.79 Å². The Labute approximate surface area is 162 Å². The lowest BCUT2D eigenvalue weighted by Gasteiger charge is -2.14. The molecule has 0 saturated heterocycles. The van der Waals surface area contributed by atoms with E-state index in [1.165, 1.54) is 0 Å². The fraction of sp³-hybridized carbons (Fsp3) is 0.143. The van der Waals surface area contributed by atoms with Gasteiger partial charge in [0.25, 0.3) is 5.91 Å². The van der Waals surface area contributed by atoms with Gasteiger partial charge in [0, 0.05) is 36.9 Å². The van der Waals surface area contributed by atoms with E-state index in [1.54, 1.807) is 35.3 Å². The van der Waals surface area contributed by atoms with Crippen LogP contribution in [0.3, 0.4) is 0 Å². The summed E-state index contributed by atoms with van der Waals surface area (Å²) in [7, 11) is 0. The second kappa shape index (κ2) is 7.48. The van der Waals surface area contributed by atoms with Crippen LogP contribution >= 0.6 is 0 Å². The number of rotatable bonds is 5. The average molecular weight is 373 g/mol. The van der Waals surface area contributed by atoms with E-state index in [1.807, 2.05) is 44.2 Å². The first-order valence-electron chi connectivity index (χ1n) is 8.88. The van der Waals surface area contributed by atoms with Crippen molar-refractivity contribution in [2.24, 2.45) is 0 Å². The number of fused-ring (bicyclic) bond motifs is 1. The fourth-order valence-electron chi connectivity index (χ4n) is 2.91. The number of pyridine rings is 1. The van der Waals surface area contributed by atoms with Crippen LogP contribution in [0, 0.1) is 13.8 Å². The van der Waals surface area contributed by atoms with E-state index in [2.05, 4.69) is 20.3 Å². The predicted molar refractivity (Wildman–Crippen MR) is 104 cm³/mol. The molecule has 1 aromatic carbocycles. The minimum absolute atomic E-state index is 0.272. The topological polar surface area (TPSA) is 81.4 Å². The normalized spacial score (nSPS) is 10.8. The Morgan fingerprint density at radius 2 is 1.86 bits per heavy atom. The second-order valence-corrected chi connectivity index (χ2v) is 6.43. The molecule has 0 radical (unpaired) electrons. The zero-order valence-electron chi connectivity index (χ0n) is 15.6. The first-order chi connectivity index (χ1) is 13.6. The van der Waals surface area contributed by atoms with Crippen molar-refractivity contribution in [2.45, 2.75) is 20.4 Å². The van der Waals surface area contributed by atoms with Crippen LogP contribution < -0.4 is 10.1 Å². The monoisotopic (exact) mass is 373 g/mol. The Hall–Kier alpha value is -3.74. The summed E-state index contributed by atoms with van der Waals surface area (Å²) >= 11 is 0. The standard InChI is InChI=1S/C21H19N5O2/c1-14-6-3-7-15(2)18(14)28-20-16(8-4-9-22-20)12-24-19(27)17-13-26-11-5-10-23-21(26)25-17/h3-11,13H,12H2,1-2H3,(H,24,27). The van der Waals surface area contributed by atoms with E-state index in [4.69, 9.17) is 4.74 Å². The smallest absolute Gasteiger partial charge is 0.271 e. The maximum Gasteiger partial charge on any atom is 0.271 e. The zero-order chi connectivity index (χ0) is 19.5. The number of benzene rings is 1. The maximum absolute atomic E-state index is 12.5. The Kier molecular flexibility index (Phi) is 4.72. The first kappa shape index (κ1) is 17.7. The number of hydrogen-bond acceptors (Lipinski definition) is 5. The second-order valence-electron chi connectivity index (χ2n) is 6.43. The van der Waals surface area contributed by atoms with Gasteiger partial charge in [-0.2, -0.15) is 0 Å². The first-order valence-corrected chi connectivity index (χ1v) is 8.88. The molecule has 0 fully saturated rings. The minimum Gasteiger partial charge on any atom is -0.438 e. The molecule has 1 N–H and O–H groups in total. The Balaban J connectivity index is 1.51. The van der Waals surface area contributed by atoms with Gasteiger partial charge in [0.15, 0.2) is 0 Å². The molecule has 7 nitrogen and oxygen atoms in total. The minimum atomic E-state index is -0.285. The number of aromatic nitrogens is 4. The van der Waals surface area contributed by atoms with Crippen molar-refractivity contribution in [3.63, 3.8) is 0 Å². The Bertz CT molecular complexity index is 1100. The molecular weight excluding hydrogens is 354 g/mol. The predicted octanol–water partition coefficient (Wildman–Crippen LogP) is 3.46. The fourth-order valence-corrected chi connectivity index (χ4v) is 2.91. The molecule has 0 atom stereocenters. The summed E-state index contributed by atoms with van der Waals surface area (Å²) in [6.07, 6.45) is 6.75. The molecule has 140 valence electrons. The highest BCUT2D eigenvalue weighted by atomic mass is 16.5. The largest absolute Gasteiger partial charge is 0.438 e. The lowest BCUT2D eigenvalue weighted by Crippen LogP contribution is -2.23. The van der Waals surface area contributed by atoms with Crippen LogP contribution in [0.1, 0.15) is 27.2 Å². The van der Waals surface area contributed by atoms with Gasteiger partial charge in [-0.15, -0.1) is 0 Å². The molecule has 0 saturated carbocycles. The lowest BCUT2D eigenvalue weighted by molar-refractivity contribution is 0.0946. The van der Waals surface area contributed by atoms with E-state index in [0.717, 1.165) is 22.4 Å². The molecule has 4 aromatic rings. The van der Waals surface area contributed by atoms with Crippen molar-refractivity contribution in [3.8, 4) is 11.6 Å². The zero-order valence-corrected chi connectivity index (χ0v) is 15.6. The number of ether oxygens (including phenoxy) is 1. The number of nitrogens with one attached hydrogen (secondary N) is 1. The number of hydrogen-bond donors (Lipinski definition) is 1. The van der Waals surface area contributed by atoms with Gasteiger partial charge in [-0.25, -0.2) is 15.0 Å². The van der Waals surface area contributed by atoms with Crippen LogP contribution in [-0.2, 0) is 6.54 Å². The van der Waals surface area contributed by atoms with Crippen LogP contribution in [-0.4, -0.2) is 25.3 Å². The van der Waals surface area contributed by atoms with Crippen LogP contribution in [0.15, 0.2) is 61.2 Å². The Morgan fingerprint density at radius 1 is 1.07 bits per heavy atom. The van der Waals surface area contributed by atoms with Gasteiger partial charge in [0.1, 0.15) is 11.4 Å². The highest BCUT2D eigenvalue weighted by Gasteiger charge is 2.14. The molecule has 1 amide bonds. The van der Waals surface area contributed by atoms with Crippen LogP contribution in [0.2, 0.25) is 0 Å². The number of nitrogens with zero attached hydrogens (tertiary/aromatic N) is 4. The lowest BCUT2D eigenvalue weighted by atomic mass is 10.1. The van der Waals surface area contributed by atoms with Crippen molar-refractivity contribution in [2.75, 3.05) is 0 Å². The third kappa shape index (κ3) is 3.55. The summed E-state index contributed by atoms with van der Waals surface area (Å²) in [6.45, 7) is 4.25. The van der Waals surface area contributed by atoms with Crippen molar-refractivity contribution in [1.82, 2.24) is 24.7 Å². The molecule has 0 spiro atoms. The van der Waals surface area contributed by atoms with E-state index >= 15 is 0 Å². The van der Waals surface area contributed by atoms with E-state index < -0.39 is 0 Å².